The van der Waals surface area contributed by atoms with Gasteiger partial charge in [0.15, 0.2) is 0 Å². The molecule has 11 nitrogen and oxygen atoms in total. The van der Waals surface area contributed by atoms with E-state index in [0.29, 0.717) is 25.0 Å². The summed E-state index contributed by atoms with van der Waals surface area (Å²) in [4.78, 5) is 35.2. The zero-order chi connectivity index (χ0) is 25.0. The Morgan fingerprint density at radius 2 is 1.09 bits per heavy atom. The average molecular weight is 482 g/mol. The number of unbranched alkanes of at least 4 members (excludes halogenated alkanes) is 10. The van der Waals surface area contributed by atoms with E-state index < -0.39 is 11.9 Å². The molecule has 0 amide bonds. The average Bonchev–Trinajstić information content (AvgIpc) is 2.82. The number of rotatable bonds is 22. The van der Waals surface area contributed by atoms with E-state index in [1.807, 2.05) is 0 Å². The molecule has 0 aliphatic heterocycles. The van der Waals surface area contributed by atoms with Crippen LogP contribution in [-0.2, 0) is 9.59 Å². The first-order valence-electron chi connectivity index (χ1n) is 12.6. The Balaban J connectivity index is 2.82. The number of carboxylic acids is 2. The lowest BCUT2D eigenvalue weighted by Gasteiger charge is -2.26. The molecular formula is C23H43N7O4. The van der Waals surface area contributed by atoms with Crippen LogP contribution in [-0.4, -0.2) is 63.3 Å². The smallest absolute Gasteiger partial charge is 0.319 e. The summed E-state index contributed by atoms with van der Waals surface area (Å²) in [6.45, 7) is 4.96. The first-order chi connectivity index (χ1) is 16.5. The van der Waals surface area contributed by atoms with Crippen LogP contribution in [0.3, 0.4) is 0 Å². The molecule has 0 radical (unpaired) electrons. The van der Waals surface area contributed by atoms with E-state index in [1.54, 1.807) is 10.0 Å². The molecule has 0 saturated carbocycles. The monoisotopic (exact) mass is 481 g/mol. The number of aliphatic carboxylic acids is 2. The predicted octanol–water partition coefficient (Wildman–Crippen LogP) is 3.38. The van der Waals surface area contributed by atoms with Crippen LogP contribution < -0.4 is 20.9 Å². The van der Waals surface area contributed by atoms with E-state index in [9.17, 15) is 9.59 Å². The maximum Gasteiger partial charge on any atom is 0.319 e. The van der Waals surface area contributed by atoms with Crippen molar-refractivity contribution in [1.82, 2.24) is 25.8 Å². The molecule has 1 rings (SSSR count). The lowest BCUT2D eigenvalue weighted by molar-refractivity contribution is -0.137. The van der Waals surface area contributed by atoms with Crippen LogP contribution in [0.4, 0.5) is 11.9 Å². The highest BCUT2D eigenvalue weighted by Gasteiger charge is 2.16. The molecule has 1 aromatic rings. The van der Waals surface area contributed by atoms with Gasteiger partial charge in [0, 0.05) is 13.1 Å². The number of nitrogens with zero attached hydrogens (tertiary/aromatic N) is 5. The minimum absolute atomic E-state index is 0.254. The Hall–Kier alpha value is -2.53. The van der Waals surface area contributed by atoms with Gasteiger partial charge in [0.05, 0.1) is 0 Å². The summed E-state index contributed by atoms with van der Waals surface area (Å²) in [5.74, 6) is -1.33. The number of hydrazine groups is 2. The second kappa shape index (κ2) is 18.8. The molecule has 1 heterocycles. The summed E-state index contributed by atoms with van der Waals surface area (Å²) in [7, 11) is 0. The van der Waals surface area contributed by atoms with Crippen molar-refractivity contribution in [2.24, 2.45) is 0 Å². The Morgan fingerprint density at radius 1 is 0.706 bits per heavy atom. The molecule has 0 atom stereocenters. The van der Waals surface area contributed by atoms with Crippen molar-refractivity contribution in [3.8, 4) is 0 Å². The Bertz CT molecular complexity index is 640. The molecule has 0 aliphatic carbocycles. The molecule has 0 aliphatic rings. The standard InChI is InChI=1S/C23H43N7O4/c1-3-5-7-9-11-13-15-29(26-17-20(31)32)22-24-19-25-23(28-22)30(27-18-21(33)34)16-14-12-10-8-6-4-2/h19,26-27H,3-18H2,1-2H3,(H,31,32)(H,33,34). The lowest BCUT2D eigenvalue weighted by Crippen LogP contribution is -2.45. The van der Waals surface area contributed by atoms with Gasteiger partial charge in [-0.1, -0.05) is 78.1 Å². The SMILES string of the molecule is CCCCCCCCN(NCC(=O)O)c1ncnc(N(CCCCCCCC)NCC(=O)O)n1. The number of aromatic nitrogens is 3. The molecule has 0 saturated heterocycles. The number of carboxylic acid groups (broad SMARTS) is 2. The fraction of sp³-hybridized carbons (Fsp3) is 0.783. The number of hydrogen-bond donors (Lipinski definition) is 4. The zero-order valence-electron chi connectivity index (χ0n) is 20.8. The summed E-state index contributed by atoms with van der Waals surface area (Å²) >= 11 is 0. The molecule has 0 spiro atoms. The molecule has 0 bridgehead atoms. The third kappa shape index (κ3) is 13.9. The highest BCUT2D eigenvalue weighted by molar-refractivity contribution is 5.69. The van der Waals surface area contributed by atoms with E-state index in [4.69, 9.17) is 10.2 Å². The van der Waals surface area contributed by atoms with E-state index >= 15 is 0 Å². The summed E-state index contributed by atoms with van der Waals surface area (Å²) in [5.41, 5.74) is 5.75. The van der Waals surface area contributed by atoms with E-state index in [-0.39, 0.29) is 13.1 Å². The topological polar surface area (TPSA) is 144 Å². The molecule has 0 aromatic carbocycles. The number of nitrogens with one attached hydrogen (secondary N) is 2. The zero-order valence-corrected chi connectivity index (χ0v) is 20.8. The molecule has 4 N–H and O–H groups in total. The maximum absolute atomic E-state index is 11.1. The summed E-state index contributed by atoms with van der Waals surface area (Å²) < 4.78 is 0. The van der Waals surface area contributed by atoms with Gasteiger partial charge in [-0.05, 0) is 12.8 Å². The maximum atomic E-state index is 11.1. The van der Waals surface area contributed by atoms with Crippen LogP contribution in [0.5, 0.6) is 0 Å². The Labute approximate surface area is 203 Å². The van der Waals surface area contributed by atoms with Crippen molar-refractivity contribution in [2.75, 3.05) is 36.2 Å². The minimum atomic E-state index is -0.977. The second-order valence-electron chi connectivity index (χ2n) is 8.38. The van der Waals surface area contributed by atoms with Gasteiger partial charge in [0.2, 0.25) is 11.9 Å². The van der Waals surface area contributed by atoms with Gasteiger partial charge in [0.1, 0.15) is 19.4 Å². The molecule has 194 valence electrons. The quantitative estimate of drug-likeness (QED) is 0.143. The second-order valence-corrected chi connectivity index (χ2v) is 8.38. The van der Waals surface area contributed by atoms with Crippen molar-refractivity contribution in [2.45, 2.75) is 90.9 Å². The summed E-state index contributed by atoms with van der Waals surface area (Å²) in [6, 6.07) is 0. The first kappa shape index (κ1) is 29.5. The van der Waals surface area contributed by atoms with Crippen LogP contribution >= 0.6 is 0 Å². The number of carbonyl (C=O) groups is 2. The van der Waals surface area contributed by atoms with Crippen molar-refractivity contribution >= 4 is 23.8 Å². The van der Waals surface area contributed by atoms with Gasteiger partial charge < -0.3 is 10.2 Å². The van der Waals surface area contributed by atoms with E-state index in [2.05, 4.69) is 39.7 Å². The van der Waals surface area contributed by atoms with Crippen molar-refractivity contribution < 1.29 is 19.8 Å². The highest BCUT2D eigenvalue weighted by Crippen LogP contribution is 2.13. The van der Waals surface area contributed by atoms with Crippen LogP contribution in [0.2, 0.25) is 0 Å². The molecule has 0 unspecified atom stereocenters. The van der Waals surface area contributed by atoms with Gasteiger partial charge in [-0.2, -0.15) is 15.0 Å². The van der Waals surface area contributed by atoms with Crippen molar-refractivity contribution in [3.05, 3.63) is 6.33 Å². The fourth-order valence-electron chi connectivity index (χ4n) is 3.47. The normalized spacial score (nSPS) is 10.9. The van der Waals surface area contributed by atoms with Crippen LogP contribution in [0.25, 0.3) is 0 Å². The van der Waals surface area contributed by atoms with E-state index in [0.717, 1.165) is 38.5 Å². The van der Waals surface area contributed by atoms with Crippen molar-refractivity contribution in [3.63, 3.8) is 0 Å². The Kier molecular flexibility index (Phi) is 16.4. The van der Waals surface area contributed by atoms with Crippen LogP contribution in [0.15, 0.2) is 6.33 Å². The number of anilines is 2. The first-order valence-corrected chi connectivity index (χ1v) is 12.6. The van der Waals surface area contributed by atoms with Gasteiger partial charge in [0.25, 0.3) is 0 Å². The van der Waals surface area contributed by atoms with Crippen LogP contribution in [0, 0.1) is 0 Å². The minimum Gasteiger partial charge on any atom is -0.480 e. The molecule has 11 heteroatoms. The van der Waals surface area contributed by atoms with Gasteiger partial charge in [-0.15, -0.1) is 0 Å². The third-order valence-corrected chi connectivity index (χ3v) is 5.34. The van der Waals surface area contributed by atoms with Gasteiger partial charge >= 0.3 is 11.9 Å². The third-order valence-electron chi connectivity index (χ3n) is 5.34. The summed E-state index contributed by atoms with van der Waals surface area (Å²) in [6.07, 6.45) is 14.6. The van der Waals surface area contributed by atoms with Crippen LogP contribution in [0.1, 0.15) is 90.9 Å². The molecule has 34 heavy (non-hydrogen) atoms. The van der Waals surface area contributed by atoms with Gasteiger partial charge in [-0.25, -0.2) is 10.9 Å². The molecular weight excluding hydrogens is 438 g/mol. The molecule has 0 fully saturated rings. The van der Waals surface area contributed by atoms with E-state index in [1.165, 1.54) is 44.9 Å². The largest absolute Gasteiger partial charge is 0.480 e. The molecule has 1 aromatic heterocycles. The lowest BCUT2D eigenvalue weighted by atomic mass is 10.1. The number of hydrogen-bond acceptors (Lipinski definition) is 9. The fourth-order valence-corrected chi connectivity index (χ4v) is 3.47. The Morgan fingerprint density at radius 3 is 1.47 bits per heavy atom. The van der Waals surface area contributed by atoms with Crippen molar-refractivity contribution in [1.29, 1.82) is 0 Å². The highest BCUT2D eigenvalue weighted by atomic mass is 16.4. The predicted molar refractivity (Wildman–Crippen MR) is 133 cm³/mol. The van der Waals surface area contributed by atoms with Gasteiger partial charge in [-0.3, -0.25) is 19.6 Å². The summed E-state index contributed by atoms with van der Waals surface area (Å²) in [5, 5.41) is 21.5.